The molecule has 6 heteroatoms. The Labute approximate surface area is 114 Å². The van der Waals surface area contributed by atoms with Crippen molar-refractivity contribution in [2.75, 3.05) is 0 Å². The van der Waals surface area contributed by atoms with Crippen molar-refractivity contribution in [1.29, 1.82) is 0 Å². The van der Waals surface area contributed by atoms with E-state index in [2.05, 4.69) is 4.98 Å². The van der Waals surface area contributed by atoms with Crippen molar-refractivity contribution < 1.29 is 14.7 Å². The number of carbonyl (C=O) groups is 2. The van der Waals surface area contributed by atoms with Crippen molar-refractivity contribution in [1.82, 2.24) is 9.55 Å². The number of rotatable bonds is 5. The third-order valence-corrected chi connectivity index (χ3v) is 3.93. The van der Waals surface area contributed by atoms with E-state index in [1.807, 2.05) is 23.8 Å². The lowest BCUT2D eigenvalue weighted by Crippen LogP contribution is -2.14. The van der Waals surface area contributed by atoms with Gasteiger partial charge >= 0.3 is 5.97 Å². The van der Waals surface area contributed by atoms with Gasteiger partial charge in [0.25, 0.3) is 0 Å². The quantitative estimate of drug-likeness (QED) is 0.853. The molecule has 0 aliphatic rings. The molecule has 19 heavy (non-hydrogen) atoms. The summed E-state index contributed by atoms with van der Waals surface area (Å²) in [4.78, 5) is 27.4. The molecule has 0 amide bonds. The number of carboxylic acid groups (broad SMARTS) is 1. The first-order valence-corrected chi connectivity index (χ1v) is 6.67. The fraction of sp³-hybridized carbons (Fsp3) is 0.308. The van der Waals surface area contributed by atoms with Crippen LogP contribution >= 0.6 is 11.3 Å². The maximum atomic E-state index is 12.1. The lowest BCUT2D eigenvalue weighted by molar-refractivity contribution is -0.137. The van der Waals surface area contributed by atoms with Gasteiger partial charge in [0.15, 0.2) is 5.78 Å². The molecule has 0 aliphatic heterocycles. The summed E-state index contributed by atoms with van der Waals surface area (Å²) in [6.45, 7) is 3.52. The Balaban J connectivity index is 2.20. The molecule has 0 aromatic carbocycles. The van der Waals surface area contributed by atoms with Gasteiger partial charge in [0.05, 0.1) is 11.3 Å². The largest absolute Gasteiger partial charge is 0.481 e. The number of Topliss-reactive ketones (excluding diaryl/α,β-unsaturated/α-hetero) is 1. The van der Waals surface area contributed by atoms with E-state index in [0.717, 1.165) is 10.8 Å². The Morgan fingerprint density at radius 2 is 2.21 bits per heavy atom. The number of aromatic nitrogens is 2. The summed E-state index contributed by atoms with van der Waals surface area (Å²) in [5.41, 5.74) is 0. The van der Waals surface area contributed by atoms with Crippen LogP contribution in [0.1, 0.15) is 28.8 Å². The number of thiophene rings is 1. The molecule has 0 saturated heterocycles. The molecular weight excluding hydrogens is 264 g/mol. The predicted molar refractivity (Wildman–Crippen MR) is 71.9 cm³/mol. The van der Waals surface area contributed by atoms with Gasteiger partial charge in [-0.15, -0.1) is 11.3 Å². The van der Waals surface area contributed by atoms with E-state index in [9.17, 15) is 9.59 Å². The zero-order chi connectivity index (χ0) is 14.0. The Hall–Kier alpha value is -1.95. The number of imidazole rings is 1. The Kier molecular flexibility index (Phi) is 3.80. The number of aliphatic carboxylic acids is 1. The summed E-state index contributed by atoms with van der Waals surface area (Å²) in [7, 11) is 0. The number of hydrogen-bond acceptors (Lipinski definition) is 4. The van der Waals surface area contributed by atoms with Crippen LogP contribution in [0.3, 0.4) is 0 Å². The number of hydrogen-bond donors (Lipinski definition) is 1. The second kappa shape index (κ2) is 5.36. The second-order valence-corrected chi connectivity index (χ2v) is 5.41. The van der Waals surface area contributed by atoms with Crippen LogP contribution in [0.2, 0.25) is 0 Å². The highest BCUT2D eigenvalue weighted by molar-refractivity contribution is 7.16. The molecule has 2 aromatic heterocycles. The molecule has 2 heterocycles. The lowest BCUT2D eigenvalue weighted by atomic mass is 10.0. The fourth-order valence-corrected chi connectivity index (χ4v) is 2.89. The molecule has 0 spiro atoms. The van der Waals surface area contributed by atoms with Crippen LogP contribution in [0.4, 0.5) is 0 Å². The van der Waals surface area contributed by atoms with Crippen LogP contribution in [-0.4, -0.2) is 26.4 Å². The van der Waals surface area contributed by atoms with E-state index in [1.165, 1.54) is 11.3 Å². The SMILES string of the molecule is Cc1nccn1-c1ccc(C(=O)C(C)CC(=O)O)s1. The fourth-order valence-electron chi connectivity index (χ4n) is 1.80. The lowest BCUT2D eigenvalue weighted by Gasteiger charge is -2.05. The molecule has 0 radical (unpaired) electrons. The molecule has 1 unspecified atom stereocenters. The highest BCUT2D eigenvalue weighted by Gasteiger charge is 2.20. The highest BCUT2D eigenvalue weighted by Crippen LogP contribution is 2.25. The maximum Gasteiger partial charge on any atom is 0.304 e. The molecular formula is C13H14N2O3S. The third-order valence-electron chi connectivity index (χ3n) is 2.83. The molecule has 0 aliphatic carbocycles. The minimum Gasteiger partial charge on any atom is -0.481 e. The Bertz CT molecular complexity index is 615. The summed E-state index contributed by atoms with van der Waals surface area (Å²) in [5.74, 6) is -0.744. The van der Waals surface area contributed by atoms with Gasteiger partial charge in [0.1, 0.15) is 10.8 Å². The van der Waals surface area contributed by atoms with Crippen LogP contribution in [-0.2, 0) is 4.79 Å². The minimum atomic E-state index is -0.955. The minimum absolute atomic E-state index is 0.128. The Morgan fingerprint density at radius 3 is 2.79 bits per heavy atom. The number of carbonyl (C=O) groups excluding carboxylic acids is 1. The monoisotopic (exact) mass is 278 g/mol. The number of carboxylic acids is 1. The molecule has 100 valence electrons. The molecule has 5 nitrogen and oxygen atoms in total. The van der Waals surface area contributed by atoms with Gasteiger partial charge in [0.2, 0.25) is 0 Å². The zero-order valence-electron chi connectivity index (χ0n) is 10.7. The molecule has 0 saturated carbocycles. The average molecular weight is 278 g/mol. The highest BCUT2D eigenvalue weighted by atomic mass is 32.1. The summed E-state index contributed by atoms with van der Waals surface area (Å²) in [6.07, 6.45) is 3.38. The normalized spacial score (nSPS) is 12.3. The zero-order valence-corrected chi connectivity index (χ0v) is 11.5. The Morgan fingerprint density at radius 1 is 1.47 bits per heavy atom. The predicted octanol–water partition coefficient (Wildman–Crippen LogP) is 2.54. The van der Waals surface area contributed by atoms with Gasteiger partial charge in [-0.3, -0.25) is 14.2 Å². The van der Waals surface area contributed by atoms with Gasteiger partial charge in [-0.25, -0.2) is 4.98 Å². The van der Waals surface area contributed by atoms with Crippen LogP contribution < -0.4 is 0 Å². The first-order chi connectivity index (χ1) is 8.99. The number of ketones is 1. The van der Waals surface area contributed by atoms with Crippen molar-refractivity contribution in [2.24, 2.45) is 5.92 Å². The first kappa shape index (κ1) is 13.5. The van der Waals surface area contributed by atoms with Crippen molar-refractivity contribution in [3.05, 3.63) is 35.2 Å². The number of aryl methyl sites for hydroxylation is 1. The molecule has 1 N–H and O–H groups in total. The van der Waals surface area contributed by atoms with Gasteiger partial charge in [0, 0.05) is 18.3 Å². The average Bonchev–Trinajstić information content (AvgIpc) is 2.95. The maximum absolute atomic E-state index is 12.1. The number of nitrogens with zero attached hydrogens (tertiary/aromatic N) is 2. The van der Waals surface area contributed by atoms with E-state index < -0.39 is 11.9 Å². The molecule has 1 atom stereocenters. The van der Waals surface area contributed by atoms with Gasteiger partial charge in [-0.1, -0.05) is 6.92 Å². The summed E-state index contributed by atoms with van der Waals surface area (Å²) < 4.78 is 1.89. The van der Waals surface area contributed by atoms with Crippen molar-refractivity contribution in [2.45, 2.75) is 20.3 Å². The van der Waals surface area contributed by atoms with E-state index >= 15 is 0 Å². The van der Waals surface area contributed by atoms with Crippen molar-refractivity contribution in [3.8, 4) is 5.00 Å². The van der Waals surface area contributed by atoms with Crippen LogP contribution in [0.15, 0.2) is 24.5 Å². The van der Waals surface area contributed by atoms with Crippen LogP contribution in [0, 0.1) is 12.8 Å². The van der Waals surface area contributed by atoms with E-state index in [4.69, 9.17) is 5.11 Å². The van der Waals surface area contributed by atoms with Gasteiger partial charge in [-0.2, -0.15) is 0 Å². The van der Waals surface area contributed by atoms with E-state index in [0.29, 0.717) is 4.88 Å². The summed E-state index contributed by atoms with van der Waals surface area (Å²) in [5, 5.41) is 9.61. The second-order valence-electron chi connectivity index (χ2n) is 4.35. The van der Waals surface area contributed by atoms with Gasteiger partial charge < -0.3 is 5.11 Å². The van der Waals surface area contributed by atoms with Crippen LogP contribution in [0.5, 0.6) is 0 Å². The molecule has 0 fully saturated rings. The summed E-state index contributed by atoms with van der Waals surface area (Å²) >= 11 is 1.35. The molecule has 2 rings (SSSR count). The smallest absolute Gasteiger partial charge is 0.304 e. The first-order valence-electron chi connectivity index (χ1n) is 5.85. The standard InChI is InChI=1S/C13H14N2O3S/c1-8(7-12(16)17)13(18)10-3-4-11(19-10)15-6-5-14-9(15)2/h3-6,8H,7H2,1-2H3,(H,16,17). The van der Waals surface area contributed by atoms with E-state index in [1.54, 1.807) is 19.2 Å². The molecule has 2 aromatic rings. The third kappa shape index (κ3) is 2.90. The topological polar surface area (TPSA) is 72.2 Å². The summed E-state index contributed by atoms with van der Waals surface area (Å²) in [6, 6.07) is 3.58. The van der Waals surface area contributed by atoms with Crippen LogP contribution in [0.25, 0.3) is 5.00 Å². The molecule has 0 bridgehead atoms. The van der Waals surface area contributed by atoms with Crippen molar-refractivity contribution >= 4 is 23.1 Å². The van der Waals surface area contributed by atoms with E-state index in [-0.39, 0.29) is 12.2 Å². The van der Waals surface area contributed by atoms with Gasteiger partial charge in [-0.05, 0) is 19.1 Å². The van der Waals surface area contributed by atoms with Crippen molar-refractivity contribution in [3.63, 3.8) is 0 Å².